The van der Waals surface area contributed by atoms with Gasteiger partial charge in [0.1, 0.15) is 6.10 Å². The molecule has 1 aliphatic carbocycles. The Labute approximate surface area is 126 Å². The number of aliphatic hydroxyl groups is 1. The topological polar surface area (TPSA) is 59.4 Å². The minimum absolute atomic E-state index is 0.275. The van der Waals surface area contributed by atoms with E-state index in [1.54, 1.807) is 18.5 Å². The molecular weight excluding hydrogens is 286 g/mol. The highest BCUT2D eigenvalue weighted by Crippen LogP contribution is 2.36. The molecule has 21 heavy (non-hydrogen) atoms. The maximum absolute atomic E-state index is 11.6. The van der Waals surface area contributed by atoms with E-state index < -0.39 is 6.10 Å². The van der Waals surface area contributed by atoms with Gasteiger partial charge >= 0.3 is 5.97 Å². The van der Waals surface area contributed by atoms with E-state index in [9.17, 15) is 9.90 Å². The quantitative estimate of drug-likeness (QED) is 0.886. The van der Waals surface area contributed by atoms with E-state index in [0.29, 0.717) is 12.0 Å². The zero-order valence-electron chi connectivity index (χ0n) is 11.6. The normalized spacial score (nSPS) is 15.0. The molecule has 108 valence electrons. The van der Waals surface area contributed by atoms with Crippen LogP contribution in [-0.4, -0.2) is 23.2 Å². The number of aromatic nitrogens is 1. The first-order valence-corrected chi connectivity index (χ1v) is 7.50. The van der Waals surface area contributed by atoms with Gasteiger partial charge < -0.3 is 9.84 Å². The summed E-state index contributed by atoms with van der Waals surface area (Å²) in [5, 5.41) is 10.4. The molecule has 0 fully saturated rings. The molecule has 0 amide bonds. The fourth-order valence-corrected chi connectivity index (χ4v) is 3.61. The van der Waals surface area contributed by atoms with Crippen molar-refractivity contribution in [2.75, 3.05) is 7.11 Å². The molecule has 4 nitrogen and oxygen atoms in total. The molecule has 3 rings (SSSR count). The number of aryl methyl sites for hydroxylation is 1. The number of thiophene rings is 1. The number of fused-ring (bicyclic) bond motifs is 1. The van der Waals surface area contributed by atoms with Gasteiger partial charge in [-0.05, 0) is 36.6 Å². The van der Waals surface area contributed by atoms with Gasteiger partial charge in [-0.3, -0.25) is 4.98 Å². The van der Waals surface area contributed by atoms with E-state index in [2.05, 4.69) is 4.98 Å². The summed E-state index contributed by atoms with van der Waals surface area (Å²) in [5.41, 5.74) is 2.63. The Bertz CT molecular complexity index is 691. The van der Waals surface area contributed by atoms with Crippen LogP contribution in [0.15, 0.2) is 36.2 Å². The zero-order chi connectivity index (χ0) is 14.8. The number of ether oxygens (including phenoxy) is 1. The van der Waals surface area contributed by atoms with Crippen LogP contribution < -0.4 is 0 Å². The van der Waals surface area contributed by atoms with Crippen LogP contribution in [0, 0.1) is 0 Å². The molecule has 5 heteroatoms. The summed E-state index contributed by atoms with van der Waals surface area (Å²) in [6.45, 7) is 0. The van der Waals surface area contributed by atoms with Crippen molar-refractivity contribution in [3.8, 4) is 0 Å². The number of carbonyl (C=O) groups excluding carboxylic acids is 1. The predicted octanol–water partition coefficient (Wildman–Crippen LogP) is 2.73. The summed E-state index contributed by atoms with van der Waals surface area (Å²) in [5.74, 6) is -0.275. The van der Waals surface area contributed by atoms with Gasteiger partial charge in [0.25, 0.3) is 0 Å². The first-order valence-electron chi connectivity index (χ1n) is 6.68. The maximum Gasteiger partial charge on any atom is 0.333 e. The van der Waals surface area contributed by atoms with Gasteiger partial charge in [-0.25, -0.2) is 4.79 Å². The SMILES string of the molecule is COC(=O)C1=Cc2sc(C(O)c3cccnc3)cc2CC1. The molecule has 1 aliphatic rings. The number of aliphatic hydroxyl groups excluding tert-OH is 1. The summed E-state index contributed by atoms with van der Waals surface area (Å²) in [7, 11) is 1.39. The third kappa shape index (κ3) is 2.75. The van der Waals surface area contributed by atoms with Gasteiger partial charge in [0.15, 0.2) is 0 Å². The number of nitrogens with zero attached hydrogens (tertiary/aromatic N) is 1. The van der Waals surface area contributed by atoms with Crippen LogP contribution in [0.2, 0.25) is 0 Å². The van der Waals surface area contributed by atoms with Gasteiger partial charge in [0, 0.05) is 33.3 Å². The number of rotatable bonds is 3. The van der Waals surface area contributed by atoms with Gasteiger partial charge in [-0.15, -0.1) is 11.3 Å². The van der Waals surface area contributed by atoms with Crippen LogP contribution in [0.5, 0.6) is 0 Å². The van der Waals surface area contributed by atoms with Crippen molar-refractivity contribution in [2.45, 2.75) is 18.9 Å². The first-order chi connectivity index (χ1) is 10.2. The maximum atomic E-state index is 11.6. The van der Waals surface area contributed by atoms with Crippen molar-refractivity contribution in [1.29, 1.82) is 0 Å². The molecular formula is C16H15NO3S. The fourth-order valence-electron chi connectivity index (χ4n) is 2.41. The lowest BCUT2D eigenvalue weighted by Gasteiger charge is -2.10. The molecule has 0 radical (unpaired) electrons. The second-order valence-corrected chi connectivity index (χ2v) is 6.00. The standard InChI is InChI=1S/C16H15NO3S/c1-20-16(19)11-5-4-10-7-14(21-13(10)8-11)15(18)12-3-2-6-17-9-12/h2-3,6-9,15,18H,4-5H2,1H3. The predicted molar refractivity (Wildman–Crippen MR) is 80.9 cm³/mol. The number of methoxy groups -OCH3 is 1. The molecule has 0 spiro atoms. The summed E-state index contributed by atoms with van der Waals surface area (Å²) in [6, 6.07) is 5.68. The summed E-state index contributed by atoms with van der Waals surface area (Å²) in [4.78, 5) is 17.5. The second kappa shape index (κ2) is 5.79. The van der Waals surface area contributed by atoms with Crippen molar-refractivity contribution >= 4 is 23.4 Å². The number of hydrogen-bond acceptors (Lipinski definition) is 5. The molecule has 0 saturated heterocycles. The molecule has 2 aromatic rings. The Hall–Kier alpha value is -1.98. The summed E-state index contributed by atoms with van der Waals surface area (Å²) < 4.78 is 4.77. The Morgan fingerprint density at radius 3 is 3.05 bits per heavy atom. The number of pyridine rings is 1. The monoisotopic (exact) mass is 301 g/mol. The molecule has 0 aromatic carbocycles. The zero-order valence-corrected chi connectivity index (χ0v) is 12.4. The van der Waals surface area contributed by atoms with Crippen molar-refractivity contribution in [1.82, 2.24) is 4.98 Å². The van der Waals surface area contributed by atoms with Gasteiger partial charge in [-0.1, -0.05) is 6.07 Å². The highest BCUT2D eigenvalue weighted by atomic mass is 32.1. The third-order valence-corrected chi connectivity index (χ3v) is 4.72. The highest BCUT2D eigenvalue weighted by molar-refractivity contribution is 7.13. The molecule has 1 N–H and O–H groups in total. The number of esters is 1. The third-order valence-electron chi connectivity index (χ3n) is 3.55. The minimum atomic E-state index is -0.677. The number of carbonyl (C=O) groups is 1. The van der Waals surface area contributed by atoms with Crippen LogP contribution >= 0.6 is 11.3 Å². The molecule has 2 heterocycles. The second-order valence-electron chi connectivity index (χ2n) is 4.89. The average molecular weight is 301 g/mol. The van der Waals surface area contributed by atoms with E-state index in [0.717, 1.165) is 21.7 Å². The molecule has 1 unspecified atom stereocenters. The van der Waals surface area contributed by atoms with Crippen molar-refractivity contribution in [3.05, 3.63) is 57.0 Å². The van der Waals surface area contributed by atoms with Gasteiger partial charge in [0.2, 0.25) is 0 Å². The van der Waals surface area contributed by atoms with Crippen LogP contribution in [0.25, 0.3) is 6.08 Å². The van der Waals surface area contributed by atoms with E-state index in [1.807, 2.05) is 18.2 Å². The Kier molecular flexibility index (Phi) is 3.86. The fraction of sp³-hybridized carbons (Fsp3) is 0.250. The van der Waals surface area contributed by atoms with Gasteiger partial charge in [-0.2, -0.15) is 0 Å². The molecule has 1 atom stereocenters. The minimum Gasteiger partial charge on any atom is -0.466 e. The lowest BCUT2D eigenvalue weighted by atomic mass is 9.97. The summed E-state index contributed by atoms with van der Waals surface area (Å²) >= 11 is 1.51. The van der Waals surface area contributed by atoms with Crippen LogP contribution in [0.1, 0.15) is 33.4 Å². The van der Waals surface area contributed by atoms with E-state index in [4.69, 9.17) is 4.74 Å². The Morgan fingerprint density at radius 1 is 1.48 bits per heavy atom. The summed E-state index contributed by atoms with van der Waals surface area (Å²) in [6.07, 6.45) is 6.02. The van der Waals surface area contributed by atoms with Crippen molar-refractivity contribution < 1.29 is 14.6 Å². The highest BCUT2D eigenvalue weighted by Gasteiger charge is 2.21. The Morgan fingerprint density at radius 2 is 2.33 bits per heavy atom. The first kappa shape index (κ1) is 14.0. The van der Waals surface area contributed by atoms with E-state index >= 15 is 0 Å². The average Bonchev–Trinajstić information content (AvgIpc) is 2.97. The Balaban J connectivity index is 1.90. The molecule has 0 saturated carbocycles. The van der Waals surface area contributed by atoms with Crippen LogP contribution in [0.4, 0.5) is 0 Å². The molecule has 0 bridgehead atoms. The van der Waals surface area contributed by atoms with Gasteiger partial charge in [0.05, 0.1) is 7.11 Å². The smallest absolute Gasteiger partial charge is 0.333 e. The van der Waals surface area contributed by atoms with Crippen LogP contribution in [0.3, 0.4) is 0 Å². The number of hydrogen-bond donors (Lipinski definition) is 1. The van der Waals surface area contributed by atoms with E-state index in [1.165, 1.54) is 24.0 Å². The van der Waals surface area contributed by atoms with E-state index in [-0.39, 0.29) is 5.97 Å². The molecule has 2 aromatic heterocycles. The molecule has 0 aliphatic heterocycles. The van der Waals surface area contributed by atoms with Crippen molar-refractivity contribution in [2.24, 2.45) is 0 Å². The van der Waals surface area contributed by atoms with Crippen LogP contribution in [-0.2, 0) is 16.0 Å². The lowest BCUT2D eigenvalue weighted by Crippen LogP contribution is -2.08. The largest absolute Gasteiger partial charge is 0.466 e. The van der Waals surface area contributed by atoms with Crippen molar-refractivity contribution in [3.63, 3.8) is 0 Å². The lowest BCUT2D eigenvalue weighted by molar-refractivity contribution is -0.136.